The molecule has 0 radical (unpaired) electrons. The number of nitriles is 1. The zero-order valence-electron chi connectivity index (χ0n) is 7.59. The van der Waals surface area contributed by atoms with Crippen molar-refractivity contribution in [2.24, 2.45) is 0 Å². The van der Waals surface area contributed by atoms with Crippen LogP contribution in [0, 0.1) is 18.3 Å². The molecule has 0 saturated carbocycles. The molecule has 0 aliphatic rings. The molecule has 1 aromatic heterocycles. The molecule has 0 amide bonds. The first-order valence-corrected chi connectivity index (χ1v) is 3.76. The van der Waals surface area contributed by atoms with Gasteiger partial charge in [0.25, 0.3) is 0 Å². The van der Waals surface area contributed by atoms with Crippen molar-refractivity contribution >= 4 is 5.82 Å². The van der Waals surface area contributed by atoms with Gasteiger partial charge in [-0.3, -0.25) is 0 Å². The molecule has 0 spiro atoms. The highest BCUT2D eigenvalue weighted by molar-refractivity contribution is 5.57. The molecule has 2 N–H and O–H groups in total. The number of nitrogen functional groups attached to an aromatic ring is 1. The van der Waals surface area contributed by atoms with Crippen LogP contribution in [0.2, 0.25) is 0 Å². The number of anilines is 1. The number of halogens is 3. The SMILES string of the molecule is Cc1cc(C#N)c(OC(F)(F)F)c(N)n1. The summed E-state index contributed by atoms with van der Waals surface area (Å²) in [5, 5.41) is 8.58. The molecule has 1 aromatic rings. The molecule has 0 aliphatic heterocycles. The van der Waals surface area contributed by atoms with Crippen molar-refractivity contribution in [1.82, 2.24) is 4.98 Å². The van der Waals surface area contributed by atoms with Gasteiger partial charge in [-0.05, 0) is 13.0 Å². The van der Waals surface area contributed by atoms with Gasteiger partial charge >= 0.3 is 6.36 Å². The molecule has 7 heteroatoms. The van der Waals surface area contributed by atoms with E-state index >= 15 is 0 Å². The van der Waals surface area contributed by atoms with Gasteiger partial charge in [-0.15, -0.1) is 13.2 Å². The molecule has 0 fully saturated rings. The fourth-order valence-electron chi connectivity index (χ4n) is 0.991. The van der Waals surface area contributed by atoms with E-state index in [4.69, 9.17) is 11.0 Å². The van der Waals surface area contributed by atoms with Crippen molar-refractivity contribution in [3.8, 4) is 11.8 Å². The second kappa shape index (κ2) is 3.65. The Morgan fingerprint density at radius 1 is 1.53 bits per heavy atom. The van der Waals surface area contributed by atoms with Crippen LogP contribution in [-0.2, 0) is 0 Å². The van der Waals surface area contributed by atoms with Gasteiger partial charge in [-0.1, -0.05) is 0 Å². The van der Waals surface area contributed by atoms with Gasteiger partial charge in [-0.25, -0.2) is 4.98 Å². The Morgan fingerprint density at radius 2 is 2.13 bits per heavy atom. The number of nitrogens with zero attached hydrogens (tertiary/aromatic N) is 2. The molecule has 0 bridgehead atoms. The summed E-state index contributed by atoms with van der Waals surface area (Å²) in [6.45, 7) is 1.51. The predicted octanol–water partition coefficient (Wildman–Crippen LogP) is 1.74. The van der Waals surface area contributed by atoms with E-state index in [1.807, 2.05) is 0 Å². The van der Waals surface area contributed by atoms with Crippen molar-refractivity contribution in [3.63, 3.8) is 0 Å². The molecular weight excluding hydrogens is 211 g/mol. The van der Waals surface area contributed by atoms with E-state index in [0.29, 0.717) is 5.69 Å². The largest absolute Gasteiger partial charge is 0.573 e. The summed E-state index contributed by atoms with van der Waals surface area (Å²) in [6, 6.07) is 2.72. The maximum atomic E-state index is 11.9. The van der Waals surface area contributed by atoms with Crippen molar-refractivity contribution in [2.45, 2.75) is 13.3 Å². The summed E-state index contributed by atoms with van der Waals surface area (Å²) < 4.78 is 39.4. The Morgan fingerprint density at radius 3 is 2.60 bits per heavy atom. The molecule has 0 aromatic carbocycles. The number of rotatable bonds is 1. The van der Waals surface area contributed by atoms with Crippen LogP contribution in [0.1, 0.15) is 11.3 Å². The zero-order valence-corrected chi connectivity index (χ0v) is 7.59. The fraction of sp³-hybridized carbons (Fsp3) is 0.250. The van der Waals surface area contributed by atoms with Gasteiger partial charge in [-0.2, -0.15) is 5.26 Å². The minimum atomic E-state index is -4.89. The molecule has 0 saturated heterocycles. The summed E-state index contributed by atoms with van der Waals surface area (Å²) in [5.74, 6) is -1.21. The number of hydrogen-bond acceptors (Lipinski definition) is 4. The second-order valence-electron chi connectivity index (χ2n) is 2.69. The normalized spacial score (nSPS) is 10.9. The van der Waals surface area contributed by atoms with Crippen LogP contribution in [0.15, 0.2) is 6.07 Å². The Labute approximate surface area is 83.1 Å². The third-order valence-electron chi connectivity index (χ3n) is 1.47. The van der Waals surface area contributed by atoms with Gasteiger partial charge in [0.1, 0.15) is 11.6 Å². The average Bonchev–Trinajstić information content (AvgIpc) is 2.07. The van der Waals surface area contributed by atoms with E-state index in [1.54, 1.807) is 6.07 Å². The highest BCUT2D eigenvalue weighted by Crippen LogP contribution is 2.30. The van der Waals surface area contributed by atoms with Crippen LogP contribution in [0.4, 0.5) is 19.0 Å². The van der Waals surface area contributed by atoms with Crippen LogP contribution in [0.5, 0.6) is 5.75 Å². The first-order valence-electron chi connectivity index (χ1n) is 3.76. The summed E-state index contributed by atoms with van der Waals surface area (Å²) in [4.78, 5) is 3.57. The molecule has 0 unspecified atom stereocenters. The predicted molar refractivity (Wildman–Crippen MR) is 44.8 cm³/mol. The lowest BCUT2D eigenvalue weighted by atomic mass is 10.2. The standard InChI is InChI=1S/C8H6F3N3O/c1-4-2-5(3-12)6(7(13)14-4)15-8(9,10)11/h2H,1H3,(H2,13,14). The molecule has 4 nitrogen and oxygen atoms in total. The summed E-state index contributed by atoms with van der Waals surface area (Å²) in [5.41, 5.74) is 5.27. The molecule has 0 aliphatic carbocycles. The Kier molecular flexibility index (Phi) is 2.70. The third kappa shape index (κ3) is 2.74. The number of nitrogens with two attached hydrogens (primary N) is 1. The fourth-order valence-corrected chi connectivity index (χ4v) is 0.991. The van der Waals surface area contributed by atoms with Crippen LogP contribution in [0.25, 0.3) is 0 Å². The minimum absolute atomic E-state index is 0.294. The lowest BCUT2D eigenvalue weighted by molar-refractivity contribution is -0.274. The first-order chi connectivity index (χ1) is 6.83. The molecule has 1 heterocycles. The smallest absolute Gasteiger partial charge is 0.400 e. The number of pyridine rings is 1. The summed E-state index contributed by atoms with van der Waals surface area (Å²) in [7, 11) is 0. The van der Waals surface area contributed by atoms with E-state index in [1.165, 1.54) is 6.92 Å². The van der Waals surface area contributed by atoms with Gasteiger partial charge < -0.3 is 10.5 Å². The van der Waals surface area contributed by atoms with E-state index < -0.39 is 17.9 Å². The lowest BCUT2D eigenvalue weighted by Crippen LogP contribution is -2.19. The summed E-state index contributed by atoms with van der Waals surface area (Å²) >= 11 is 0. The van der Waals surface area contributed by atoms with E-state index in [-0.39, 0.29) is 5.56 Å². The van der Waals surface area contributed by atoms with Crippen LogP contribution >= 0.6 is 0 Å². The van der Waals surface area contributed by atoms with Crippen LogP contribution in [0.3, 0.4) is 0 Å². The van der Waals surface area contributed by atoms with Crippen molar-refractivity contribution < 1.29 is 17.9 Å². The number of aromatic nitrogens is 1. The maximum absolute atomic E-state index is 11.9. The highest BCUT2D eigenvalue weighted by Gasteiger charge is 2.33. The topological polar surface area (TPSA) is 71.9 Å². The monoisotopic (exact) mass is 217 g/mol. The van der Waals surface area contributed by atoms with E-state index in [9.17, 15) is 13.2 Å². The Hall–Kier alpha value is -1.97. The number of aryl methyl sites for hydroxylation is 1. The summed E-state index contributed by atoms with van der Waals surface area (Å²) in [6.07, 6.45) is -4.89. The van der Waals surface area contributed by atoms with Crippen molar-refractivity contribution in [3.05, 3.63) is 17.3 Å². The second-order valence-corrected chi connectivity index (χ2v) is 2.69. The molecule has 0 atom stereocenters. The van der Waals surface area contributed by atoms with E-state index in [0.717, 1.165) is 6.07 Å². The molecule has 1 rings (SSSR count). The number of hydrogen-bond donors (Lipinski definition) is 1. The first kappa shape index (κ1) is 11.1. The molecule has 80 valence electrons. The van der Waals surface area contributed by atoms with Gasteiger partial charge in [0.15, 0.2) is 11.6 Å². The van der Waals surface area contributed by atoms with Gasteiger partial charge in [0.2, 0.25) is 0 Å². The third-order valence-corrected chi connectivity index (χ3v) is 1.47. The Bertz CT molecular complexity index is 422. The Balaban J connectivity index is 3.23. The lowest BCUT2D eigenvalue weighted by Gasteiger charge is -2.12. The maximum Gasteiger partial charge on any atom is 0.573 e. The quantitative estimate of drug-likeness (QED) is 0.777. The minimum Gasteiger partial charge on any atom is -0.400 e. The van der Waals surface area contributed by atoms with Crippen LogP contribution in [-0.4, -0.2) is 11.3 Å². The number of alkyl halides is 3. The van der Waals surface area contributed by atoms with Gasteiger partial charge in [0.05, 0.1) is 0 Å². The number of ether oxygens (including phenoxy) is 1. The molecular formula is C8H6F3N3O. The van der Waals surface area contributed by atoms with Crippen molar-refractivity contribution in [1.29, 1.82) is 5.26 Å². The molecule has 15 heavy (non-hydrogen) atoms. The highest BCUT2D eigenvalue weighted by atomic mass is 19.4. The zero-order chi connectivity index (χ0) is 11.6. The van der Waals surface area contributed by atoms with Crippen molar-refractivity contribution in [2.75, 3.05) is 5.73 Å². The van der Waals surface area contributed by atoms with E-state index in [2.05, 4.69) is 9.72 Å². The van der Waals surface area contributed by atoms with Gasteiger partial charge in [0, 0.05) is 5.69 Å². The van der Waals surface area contributed by atoms with Crippen LogP contribution < -0.4 is 10.5 Å². The average molecular weight is 217 g/mol.